The summed E-state index contributed by atoms with van der Waals surface area (Å²) in [5.41, 5.74) is 0.372. The Morgan fingerprint density at radius 1 is 1.15 bits per heavy atom. The summed E-state index contributed by atoms with van der Waals surface area (Å²) < 4.78 is 22.6. The minimum atomic E-state index is -0.579. The number of nitrogens with one attached hydrogen (secondary N) is 1. The molecule has 0 spiro atoms. The number of halogens is 1. The van der Waals surface area contributed by atoms with E-state index in [2.05, 4.69) is 26.3 Å². The number of anilines is 1. The lowest BCUT2D eigenvalue weighted by atomic mass is 10.1. The van der Waals surface area contributed by atoms with Crippen molar-refractivity contribution in [3.63, 3.8) is 0 Å². The van der Waals surface area contributed by atoms with Gasteiger partial charge in [-0.15, -0.1) is 0 Å². The minimum absolute atomic E-state index is 0.149. The largest absolute Gasteiger partial charge is 0.493 e. The zero-order valence-electron chi connectivity index (χ0n) is 15.6. The van der Waals surface area contributed by atoms with E-state index in [0.29, 0.717) is 21.7 Å². The van der Waals surface area contributed by atoms with Crippen molar-refractivity contribution in [2.75, 3.05) is 33.3 Å². The van der Waals surface area contributed by atoms with Crippen molar-refractivity contribution in [2.24, 2.45) is 7.05 Å². The number of esters is 1. The van der Waals surface area contributed by atoms with Crippen LogP contribution >= 0.6 is 15.9 Å². The number of rotatable bonds is 7. The van der Waals surface area contributed by atoms with Crippen molar-refractivity contribution in [3.8, 4) is 17.2 Å². The molecule has 10 heteroatoms. The molecule has 1 N–H and O–H groups in total. The van der Waals surface area contributed by atoms with Crippen LogP contribution in [-0.4, -0.2) is 49.6 Å². The molecule has 146 valence electrons. The molecule has 0 aliphatic rings. The van der Waals surface area contributed by atoms with Gasteiger partial charge >= 0.3 is 5.97 Å². The first-order valence-electron chi connectivity index (χ1n) is 7.88. The summed E-state index contributed by atoms with van der Waals surface area (Å²) >= 11 is 3.36. The molecule has 1 heterocycles. The molecule has 0 radical (unpaired) electrons. The first-order valence-corrected chi connectivity index (χ1v) is 8.67. The van der Waals surface area contributed by atoms with E-state index in [0.717, 1.165) is 0 Å². The highest BCUT2D eigenvalue weighted by Gasteiger charge is 2.25. The molecule has 9 nitrogen and oxygen atoms in total. The number of carbonyl (C=O) groups is 2. The summed E-state index contributed by atoms with van der Waals surface area (Å²) in [5, 5.41) is 6.68. The number of carbonyl (C=O) groups excluding carboxylic acids is 2. The van der Waals surface area contributed by atoms with Gasteiger partial charge in [0.25, 0.3) is 5.91 Å². The van der Waals surface area contributed by atoms with Gasteiger partial charge in [-0.25, -0.2) is 4.79 Å². The van der Waals surface area contributed by atoms with Gasteiger partial charge < -0.3 is 24.3 Å². The van der Waals surface area contributed by atoms with Crippen LogP contribution < -0.4 is 19.5 Å². The van der Waals surface area contributed by atoms with Crippen molar-refractivity contribution in [1.82, 2.24) is 9.78 Å². The Morgan fingerprint density at radius 2 is 1.81 bits per heavy atom. The third-order valence-electron chi connectivity index (χ3n) is 3.68. The van der Waals surface area contributed by atoms with Gasteiger partial charge in [0.05, 0.1) is 44.2 Å². The van der Waals surface area contributed by atoms with Crippen LogP contribution in [0.1, 0.15) is 27.6 Å². The third-order valence-corrected chi connectivity index (χ3v) is 4.47. The number of benzene rings is 1. The average molecular weight is 442 g/mol. The molecular weight excluding hydrogens is 422 g/mol. The molecule has 0 bridgehead atoms. The zero-order chi connectivity index (χ0) is 20.1. The summed E-state index contributed by atoms with van der Waals surface area (Å²) in [4.78, 5) is 24.9. The smallest absolute Gasteiger partial charge is 0.343 e. The van der Waals surface area contributed by atoms with Gasteiger partial charge in [-0.05, 0) is 28.9 Å². The number of amides is 1. The predicted octanol–water partition coefficient (Wildman–Crippen LogP) is 2.64. The number of aromatic nitrogens is 2. The van der Waals surface area contributed by atoms with Crippen LogP contribution in [0.4, 0.5) is 5.82 Å². The van der Waals surface area contributed by atoms with Crippen molar-refractivity contribution >= 4 is 33.6 Å². The molecule has 0 atom stereocenters. The van der Waals surface area contributed by atoms with Crippen LogP contribution in [0.3, 0.4) is 0 Å². The van der Waals surface area contributed by atoms with Crippen LogP contribution in [0.25, 0.3) is 0 Å². The first kappa shape index (κ1) is 20.6. The van der Waals surface area contributed by atoms with Crippen molar-refractivity contribution in [2.45, 2.75) is 6.92 Å². The van der Waals surface area contributed by atoms with Gasteiger partial charge in [0, 0.05) is 7.05 Å². The molecule has 0 unspecified atom stereocenters. The van der Waals surface area contributed by atoms with Crippen LogP contribution in [0.2, 0.25) is 0 Å². The van der Waals surface area contributed by atoms with Gasteiger partial charge in [0.1, 0.15) is 11.4 Å². The molecule has 1 aromatic carbocycles. The Bertz CT molecular complexity index is 865. The van der Waals surface area contributed by atoms with Gasteiger partial charge in [-0.2, -0.15) is 5.10 Å². The third kappa shape index (κ3) is 4.00. The lowest BCUT2D eigenvalue weighted by Crippen LogP contribution is -2.18. The van der Waals surface area contributed by atoms with E-state index in [9.17, 15) is 9.59 Å². The Hall–Kier alpha value is -2.75. The van der Waals surface area contributed by atoms with E-state index in [1.54, 1.807) is 14.0 Å². The maximum Gasteiger partial charge on any atom is 0.343 e. The van der Waals surface area contributed by atoms with Crippen LogP contribution in [0.15, 0.2) is 16.7 Å². The molecule has 2 rings (SSSR count). The summed E-state index contributed by atoms with van der Waals surface area (Å²) in [6, 6.07) is 1.50. The molecule has 0 saturated heterocycles. The minimum Gasteiger partial charge on any atom is -0.493 e. The number of nitrogens with zero attached hydrogens (tertiary/aromatic N) is 2. The fraction of sp³-hybridized carbons (Fsp3) is 0.353. The SMILES string of the molecule is CCOC(=O)c1cnn(C)c1NC(=O)c1cc(OC)c(OC)c(OC)c1Br. The van der Waals surface area contributed by atoms with Gasteiger partial charge in [-0.3, -0.25) is 9.48 Å². The fourth-order valence-electron chi connectivity index (χ4n) is 2.41. The molecule has 1 amide bonds. The van der Waals surface area contributed by atoms with E-state index >= 15 is 0 Å². The fourth-order valence-corrected chi connectivity index (χ4v) is 3.04. The highest BCUT2D eigenvalue weighted by molar-refractivity contribution is 9.10. The number of hydrogen-bond donors (Lipinski definition) is 1. The van der Waals surface area contributed by atoms with Crippen molar-refractivity contribution in [3.05, 3.63) is 27.9 Å². The molecule has 27 heavy (non-hydrogen) atoms. The van der Waals surface area contributed by atoms with Crippen molar-refractivity contribution < 1.29 is 28.5 Å². The number of aryl methyl sites for hydroxylation is 1. The first-order chi connectivity index (χ1) is 12.9. The summed E-state index contributed by atoms with van der Waals surface area (Å²) in [6.07, 6.45) is 1.33. The molecule has 1 aromatic heterocycles. The van der Waals surface area contributed by atoms with Gasteiger partial charge in [0.2, 0.25) is 5.75 Å². The Kier molecular flexibility index (Phi) is 6.67. The Morgan fingerprint density at radius 3 is 2.37 bits per heavy atom. The number of ether oxygens (including phenoxy) is 4. The van der Waals surface area contributed by atoms with Crippen LogP contribution in [0, 0.1) is 0 Å². The topological polar surface area (TPSA) is 101 Å². The zero-order valence-corrected chi connectivity index (χ0v) is 17.2. The number of methoxy groups -OCH3 is 3. The highest BCUT2D eigenvalue weighted by atomic mass is 79.9. The van der Waals surface area contributed by atoms with Crippen LogP contribution in [0.5, 0.6) is 17.2 Å². The molecule has 0 aliphatic heterocycles. The summed E-state index contributed by atoms with van der Waals surface area (Å²) in [7, 11) is 5.97. The highest BCUT2D eigenvalue weighted by Crippen LogP contribution is 2.44. The van der Waals surface area contributed by atoms with Crippen LogP contribution in [-0.2, 0) is 11.8 Å². The van der Waals surface area contributed by atoms with E-state index in [-0.39, 0.29) is 23.6 Å². The predicted molar refractivity (Wildman–Crippen MR) is 101 cm³/mol. The standard InChI is InChI=1S/C17H20BrN3O6/c1-6-27-17(23)10-8-19-21(2)15(10)20-16(22)9-7-11(24-3)13(25-4)14(26-5)12(9)18/h7-8H,6H2,1-5H3,(H,20,22). The van der Waals surface area contributed by atoms with E-state index in [1.165, 1.54) is 38.3 Å². The molecule has 0 fully saturated rings. The lowest BCUT2D eigenvalue weighted by molar-refractivity contribution is 0.0527. The Labute approximate surface area is 164 Å². The van der Waals surface area contributed by atoms with E-state index < -0.39 is 11.9 Å². The number of hydrogen-bond acceptors (Lipinski definition) is 7. The second-order valence-corrected chi connectivity index (χ2v) is 6.00. The monoisotopic (exact) mass is 441 g/mol. The second kappa shape index (κ2) is 8.76. The molecule has 2 aromatic rings. The molecule has 0 saturated carbocycles. The van der Waals surface area contributed by atoms with Gasteiger partial charge in [-0.1, -0.05) is 0 Å². The van der Waals surface area contributed by atoms with E-state index in [4.69, 9.17) is 18.9 Å². The van der Waals surface area contributed by atoms with Crippen molar-refractivity contribution in [1.29, 1.82) is 0 Å². The lowest BCUT2D eigenvalue weighted by Gasteiger charge is -2.16. The van der Waals surface area contributed by atoms with Gasteiger partial charge in [0.15, 0.2) is 11.5 Å². The summed E-state index contributed by atoms with van der Waals surface area (Å²) in [5.74, 6) is 0.0892. The maximum absolute atomic E-state index is 12.9. The second-order valence-electron chi connectivity index (χ2n) is 5.21. The summed E-state index contributed by atoms with van der Waals surface area (Å²) in [6.45, 7) is 1.90. The molecule has 0 aliphatic carbocycles. The normalized spacial score (nSPS) is 10.3. The average Bonchev–Trinajstić information content (AvgIpc) is 3.01. The van der Waals surface area contributed by atoms with E-state index in [1.807, 2.05) is 0 Å². The Balaban J connectivity index is 2.46. The quantitative estimate of drug-likeness (QED) is 0.658. The molecular formula is C17H20BrN3O6. The maximum atomic E-state index is 12.9.